The molecule has 1 saturated heterocycles. The Labute approximate surface area is 192 Å². The number of anilines is 1. The third-order valence-corrected chi connectivity index (χ3v) is 7.95. The summed E-state index contributed by atoms with van der Waals surface area (Å²) in [6.07, 6.45) is 5.58. The molecule has 6 atom stereocenters. The average molecular weight is 434 g/mol. The topological polar surface area (TPSA) is 46.6 Å². The van der Waals surface area contributed by atoms with E-state index in [4.69, 9.17) is 4.74 Å². The van der Waals surface area contributed by atoms with Crippen molar-refractivity contribution < 1.29 is 14.3 Å². The molecule has 3 aromatic carbocycles. The lowest BCUT2D eigenvalue weighted by molar-refractivity contribution is -0.124. The Morgan fingerprint density at radius 1 is 0.636 bits per heavy atom. The highest BCUT2D eigenvalue weighted by molar-refractivity contribution is 6.22. The molecule has 2 amide bonds. The van der Waals surface area contributed by atoms with Crippen LogP contribution in [-0.4, -0.2) is 11.8 Å². The molecule has 3 aromatic rings. The summed E-state index contributed by atoms with van der Waals surface area (Å²) in [4.78, 5) is 28.0. The summed E-state index contributed by atoms with van der Waals surface area (Å²) in [7, 11) is 0. The Bertz CT molecular complexity index is 1240. The lowest BCUT2D eigenvalue weighted by Gasteiger charge is -2.37. The first-order valence-electron chi connectivity index (χ1n) is 11.7. The van der Waals surface area contributed by atoms with Crippen LogP contribution in [0, 0.1) is 35.5 Å². The molecule has 2 saturated carbocycles. The van der Waals surface area contributed by atoms with Crippen LogP contribution >= 0.6 is 0 Å². The van der Waals surface area contributed by atoms with Crippen LogP contribution in [0.2, 0.25) is 0 Å². The largest absolute Gasteiger partial charge is 0.457 e. The minimum atomic E-state index is -0.171. The Hall–Kier alpha value is -3.66. The molecule has 0 unspecified atom stereocenters. The summed E-state index contributed by atoms with van der Waals surface area (Å²) in [5.41, 5.74) is 2.93. The average Bonchev–Trinajstić information content (AvgIpc) is 3.64. The number of amides is 2. The van der Waals surface area contributed by atoms with E-state index >= 15 is 0 Å². The van der Waals surface area contributed by atoms with Crippen molar-refractivity contribution in [2.75, 3.05) is 4.90 Å². The Balaban J connectivity index is 1.09. The van der Waals surface area contributed by atoms with Crippen LogP contribution in [0.15, 0.2) is 91.0 Å². The zero-order chi connectivity index (χ0) is 22.1. The van der Waals surface area contributed by atoms with Gasteiger partial charge in [-0.05, 0) is 77.6 Å². The highest BCUT2D eigenvalue weighted by Gasteiger charge is 2.67. The van der Waals surface area contributed by atoms with E-state index in [1.165, 1.54) is 11.3 Å². The van der Waals surface area contributed by atoms with E-state index in [9.17, 15) is 9.59 Å². The van der Waals surface area contributed by atoms with Crippen molar-refractivity contribution in [1.29, 1.82) is 0 Å². The van der Waals surface area contributed by atoms with E-state index < -0.39 is 0 Å². The molecule has 33 heavy (non-hydrogen) atoms. The van der Waals surface area contributed by atoms with Crippen molar-refractivity contribution >= 4 is 17.5 Å². The second-order valence-corrected chi connectivity index (χ2v) is 9.65. The molecule has 4 aliphatic carbocycles. The highest BCUT2D eigenvalue weighted by atomic mass is 16.5. The molecule has 162 valence electrons. The molecule has 3 fully saturated rings. The van der Waals surface area contributed by atoms with Gasteiger partial charge in [0, 0.05) is 0 Å². The molecular weight excluding hydrogens is 410 g/mol. The zero-order valence-electron chi connectivity index (χ0n) is 18.0. The third-order valence-electron chi connectivity index (χ3n) is 7.95. The van der Waals surface area contributed by atoms with Crippen LogP contribution in [0.1, 0.15) is 6.42 Å². The summed E-state index contributed by atoms with van der Waals surface area (Å²) in [5, 5.41) is 0. The molecule has 0 aromatic heterocycles. The summed E-state index contributed by atoms with van der Waals surface area (Å²) in [6.45, 7) is 0. The van der Waals surface area contributed by atoms with E-state index in [1.807, 2.05) is 66.7 Å². The Morgan fingerprint density at radius 2 is 1.15 bits per heavy atom. The number of hydrogen-bond acceptors (Lipinski definition) is 3. The third kappa shape index (κ3) is 2.83. The van der Waals surface area contributed by atoms with Crippen LogP contribution < -0.4 is 9.64 Å². The highest BCUT2D eigenvalue weighted by Crippen LogP contribution is 2.65. The molecular formula is C29H23NO3. The molecule has 4 heteroatoms. The lowest BCUT2D eigenvalue weighted by Crippen LogP contribution is -2.40. The zero-order valence-corrected chi connectivity index (χ0v) is 18.0. The molecule has 0 spiro atoms. The number of ether oxygens (including phenoxy) is 1. The summed E-state index contributed by atoms with van der Waals surface area (Å²) >= 11 is 0. The predicted octanol–water partition coefficient (Wildman–Crippen LogP) is 5.70. The van der Waals surface area contributed by atoms with Crippen LogP contribution in [-0.2, 0) is 9.59 Å². The van der Waals surface area contributed by atoms with Gasteiger partial charge in [-0.1, -0.05) is 54.6 Å². The minimum Gasteiger partial charge on any atom is -0.457 e. The smallest absolute Gasteiger partial charge is 0.238 e. The van der Waals surface area contributed by atoms with Gasteiger partial charge in [-0.2, -0.15) is 0 Å². The summed E-state index contributed by atoms with van der Waals surface area (Å²) < 4.78 is 6.00. The van der Waals surface area contributed by atoms with Gasteiger partial charge < -0.3 is 4.74 Å². The fourth-order valence-corrected chi connectivity index (χ4v) is 6.36. The summed E-state index contributed by atoms with van der Waals surface area (Å²) in [5.74, 6) is 2.73. The number of allylic oxidation sites excluding steroid dienone is 2. The van der Waals surface area contributed by atoms with Gasteiger partial charge in [0.25, 0.3) is 0 Å². The first kappa shape index (κ1) is 18.9. The van der Waals surface area contributed by atoms with Crippen LogP contribution in [0.4, 0.5) is 5.69 Å². The number of carbonyl (C=O) groups is 2. The summed E-state index contributed by atoms with van der Waals surface area (Å²) in [6, 6.07) is 25.5. The van der Waals surface area contributed by atoms with Crippen LogP contribution in [0.5, 0.6) is 11.5 Å². The van der Waals surface area contributed by atoms with Crippen molar-refractivity contribution in [3.63, 3.8) is 0 Å². The quantitative estimate of drug-likeness (QED) is 0.391. The SMILES string of the molecule is O=C1[C@@H]2[C@@H]3C=C[C@H]([C@H]4C[C@H]34)[C@@H]2C(=O)N1c1ccc(Oc2ccc(-c3ccccc3)cc2)cc1. The van der Waals surface area contributed by atoms with Gasteiger partial charge in [0.15, 0.2) is 0 Å². The van der Waals surface area contributed by atoms with Gasteiger partial charge in [0.05, 0.1) is 17.5 Å². The number of imide groups is 1. The van der Waals surface area contributed by atoms with E-state index in [0.717, 1.165) is 16.9 Å². The number of benzene rings is 3. The van der Waals surface area contributed by atoms with E-state index in [0.29, 0.717) is 23.3 Å². The molecule has 2 bridgehead atoms. The van der Waals surface area contributed by atoms with Gasteiger partial charge in [-0.3, -0.25) is 14.5 Å². The van der Waals surface area contributed by atoms with E-state index in [1.54, 1.807) is 0 Å². The number of hydrogen-bond donors (Lipinski definition) is 0. The molecule has 4 nitrogen and oxygen atoms in total. The van der Waals surface area contributed by atoms with Crippen molar-refractivity contribution in [2.24, 2.45) is 35.5 Å². The standard InChI is InChI=1S/C29H23NO3/c31-28-26-22-14-15-23(25-16-24(22)25)27(26)29(32)30(28)19-8-12-21(13-9-19)33-20-10-6-18(7-11-20)17-4-2-1-3-5-17/h1-15,22-27H,16H2/t22-,23-,24-,25-,26-,27+/m1/s1. The van der Waals surface area contributed by atoms with Crippen molar-refractivity contribution in [2.45, 2.75) is 6.42 Å². The van der Waals surface area contributed by atoms with Crippen molar-refractivity contribution in [1.82, 2.24) is 0 Å². The van der Waals surface area contributed by atoms with Crippen molar-refractivity contribution in [3.05, 3.63) is 91.0 Å². The first-order chi connectivity index (χ1) is 16.2. The van der Waals surface area contributed by atoms with Gasteiger partial charge in [-0.15, -0.1) is 0 Å². The second-order valence-electron chi connectivity index (χ2n) is 9.65. The monoisotopic (exact) mass is 433 g/mol. The van der Waals surface area contributed by atoms with E-state index in [-0.39, 0.29) is 35.5 Å². The molecule has 1 heterocycles. The Kier molecular flexibility index (Phi) is 3.95. The molecule has 5 aliphatic rings. The molecule has 0 N–H and O–H groups in total. The maximum atomic E-state index is 13.3. The van der Waals surface area contributed by atoms with Crippen LogP contribution in [0.3, 0.4) is 0 Å². The predicted molar refractivity (Wildman–Crippen MR) is 126 cm³/mol. The molecule has 8 rings (SSSR count). The number of rotatable bonds is 4. The number of nitrogens with zero attached hydrogens (tertiary/aromatic N) is 1. The maximum Gasteiger partial charge on any atom is 0.238 e. The lowest BCUT2D eigenvalue weighted by atomic mass is 9.63. The minimum absolute atomic E-state index is 0.0279. The fourth-order valence-electron chi connectivity index (χ4n) is 6.36. The second kappa shape index (κ2) is 6.92. The van der Waals surface area contributed by atoms with E-state index in [2.05, 4.69) is 24.3 Å². The van der Waals surface area contributed by atoms with Crippen LogP contribution in [0.25, 0.3) is 11.1 Å². The van der Waals surface area contributed by atoms with Gasteiger partial charge in [0.2, 0.25) is 11.8 Å². The fraction of sp³-hybridized carbons (Fsp3) is 0.241. The molecule has 0 radical (unpaired) electrons. The van der Waals surface area contributed by atoms with Gasteiger partial charge in [0.1, 0.15) is 11.5 Å². The normalized spacial score (nSPS) is 30.8. The maximum absolute atomic E-state index is 13.3. The van der Waals surface area contributed by atoms with Gasteiger partial charge >= 0.3 is 0 Å². The number of carbonyl (C=O) groups excluding carboxylic acids is 2. The van der Waals surface area contributed by atoms with Crippen molar-refractivity contribution in [3.8, 4) is 22.6 Å². The molecule has 1 aliphatic heterocycles. The van der Waals surface area contributed by atoms with Gasteiger partial charge in [-0.25, -0.2) is 0 Å². The Morgan fingerprint density at radius 3 is 1.73 bits per heavy atom. The first-order valence-corrected chi connectivity index (χ1v) is 11.7.